The third-order valence-electron chi connectivity index (χ3n) is 6.31. The first-order valence-corrected chi connectivity index (χ1v) is 13.4. The van der Waals surface area contributed by atoms with Gasteiger partial charge in [-0.3, -0.25) is 14.5 Å². The number of nitrogens with zero attached hydrogens (tertiary/aromatic N) is 1. The number of benzene rings is 4. The molecule has 0 saturated heterocycles. The number of primary amides is 1. The highest BCUT2D eigenvalue weighted by atomic mass is 16.5. The Morgan fingerprint density at radius 3 is 2.15 bits per heavy atom. The van der Waals surface area contributed by atoms with Crippen LogP contribution in [-0.2, 0) is 13.2 Å². The second-order valence-electron chi connectivity index (χ2n) is 9.52. The molecule has 0 aliphatic carbocycles. The molecule has 41 heavy (non-hydrogen) atoms. The molecule has 1 amide bonds. The number of aliphatic hydroxyl groups is 1. The quantitative estimate of drug-likeness (QED) is 0.196. The summed E-state index contributed by atoms with van der Waals surface area (Å²) >= 11 is 0. The molecule has 0 aromatic heterocycles. The fourth-order valence-corrected chi connectivity index (χ4v) is 4.21. The largest absolute Gasteiger partial charge is 0.492 e. The van der Waals surface area contributed by atoms with Gasteiger partial charge in [-0.25, -0.2) is 0 Å². The van der Waals surface area contributed by atoms with Crippen LogP contribution in [0.4, 0.5) is 0 Å². The Bertz CT molecular complexity index is 1380. The number of aldehydes is 1. The maximum Gasteiger partial charge on any atom is 0.252 e. The molecule has 0 heterocycles. The lowest BCUT2D eigenvalue weighted by Crippen LogP contribution is -2.37. The van der Waals surface area contributed by atoms with Gasteiger partial charge in [-0.1, -0.05) is 60.7 Å². The lowest BCUT2D eigenvalue weighted by atomic mass is 10.1. The summed E-state index contributed by atoms with van der Waals surface area (Å²) in [6.07, 6.45) is 0.0114. The predicted octanol–water partition coefficient (Wildman–Crippen LogP) is 4.50. The van der Waals surface area contributed by atoms with Gasteiger partial charge in [-0.2, -0.15) is 0 Å². The zero-order chi connectivity index (χ0) is 28.9. The second kappa shape index (κ2) is 15.2. The number of hydrogen-bond acceptors (Lipinski definition) is 7. The van der Waals surface area contributed by atoms with Crippen molar-refractivity contribution in [3.8, 4) is 17.2 Å². The van der Waals surface area contributed by atoms with E-state index in [0.717, 1.165) is 17.4 Å². The third kappa shape index (κ3) is 9.49. The summed E-state index contributed by atoms with van der Waals surface area (Å²) in [5.74, 6) is 0.860. The molecular formula is C33H34N2O6. The van der Waals surface area contributed by atoms with E-state index in [4.69, 9.17) is 19.9 Å². The van der Waals surface area contributed by atoms with Crippen LogP contribution in [0, 0.1) is 0 Å². The zero-order valence-corrected chi connectivity index (χ0v) is 22.7. The van der Waals surface area contributed by atoms with Crippen molar-refractivity contribution in [2.75, 3.05) is 26.3 Å². The molecule has 4 aromatic rings. The van der Waals surface area contributed by atoms with Crippen molar-refractivity contribution < 1.29 is 28.9 Å². The Hall–Kier alpha value is -4.66. The number of nitrogens with two attached hydrogens (primary N) is 1. The highest BCUT2D eigenvalue weighted by Crippen LogP contribution is 2.25. The highest BCUT2D eigenvalue weighted by Gasteiger charge is 2.15. The summed E-state index contributed by atoms with van der Waals surface area (Å²) in [4.78, 5) is 25.0. The van der Waals surface area contributed by atoms with E-state index < -0.39 is 12.0 Å². The van der Waals surface area contributed by atoms with Crippen LogP contribution in [0.5, 0.6) is 17.2 Å². The van der Waals surface area contributed by atoms with Crippen LogP contribution in [0.25, 0.3) is 0 Å². The molecule has 0 aliphatic rings. The zero-order valence-electron chi connectivity index (χ0n) is 22.7. The fraction of sp³-hybridized carbons (Fsp3) is 0.212. The third-order valence-corrected chi connectivity index (χ3v) is 6.31. The number of ether oxygens (including phenoxy) is 3. The van der Waals surface area contributed by atoms with E-state index in [1.165, 1.54) is 0 Å². The van der Waals surface area contributed by atoms with Crippen LogP contribution in [0.15, 0.2) is 103 Å². The number of carbonyl (C=O) groups excluding carboxylic acids is 2. The minimum Gasteiger partial charge on any atom is -0.492 e. The van der Waals surface area contributed by atoms with Crippen molar-refractivity contribution in [1.29, 1.82) is 0 Å². The predicted molar refractivity (Wildman–Crippen MR) is 156 cm³/mol. The van der Waals surface area contributed by atoms with Crippen LogP contribution in [0.1, 0.15) is 31.8 Å². The number of rotatable bonds is 16. The van der Waals surface area contributed by atoms with Crippen molar-refractivity contribution in [2.24, 2.45) is 5.73 Å². The number of hydrogen-bond donors (Lipinski definition) is 2. The molecule has 1 unspecified atom stereocenters. The maximum absolute atomic E-state index is 12.1. The van der Waals surface area contributed by atoms with E-state index in [9.17, 15) is 14.7 Å². The van der Waals surface area contributed by atoms with Crippen LogP contribution < -0.4 is 19.9 Å². The maximum atomic E-state index is 12.1. The molecule has 212 valence electrons. The van der Waals surface area contributed by atoms with Gasteiger partial charge >= 0.3 is 0 Å². The van der Waals surface area contributed by atoms with E-state index in [-0.39, 0.29) is 12.2 Å². The average Bonchev–Trinajstić information content (AvgIpc) is 3.00. The van der Waals surface area contributed by atoms with Crippen LogP contribution in [-0.4, -0.2) is 54.6 Å². The van der Waals surface area contributed by atoms with Crippen molar-refractivity contribution in [1.82, 2.24) is 4.90 Å². The lowest BCUT2D eigenvalue weighted by Gasteiger charge is -2.25. The van der Waals surface area contributed by atoms with Gasteiger partial charge in [0.15, 0.2) is 0 Å². The Kier molecular flexibility index (Phi) is 10.9. The van der Waals surface area contributed by atoms with Crippen LogP contribution in [0.2, 0.25) is 0 Å². The second-order valence-corrected chi connectivity index (χ2v) is 9.52. The van der Waals surface area contributed by atoms with E-state index in [0.29, 0.717) is 55.7 Å². The Balaban J connectivity index is 1.34. The molecule has 0 saturated carbocycles. The normalized spacial score (nSPS) is 11.6. The summed E-state index contributed by atoms with van der Waals surface area (Å²) < 4.78 is 17.5. The van der Waals surface area contributed by atoms with E-state index in [1.807, 2.05) is 60.7 Å². The van der Waals surface area contributed by atoms with Crippen LogP contribution >= 0.6 is 0 Å². The number of amides is 1. The topological polar surface area (TPSA) is 111 Å². The average molecular weight is 555 g/mol. The van der Waals surface area contributed by atoms with Gasteiger partial charge in [-0.15, -0.1) is 0 Å². The summed E-state index contributed by atoms with van der Waals surface area (Å²) in [5, 5.41) is 10.7. The molecule has 0 aliphatic heterocycles. The van der Waals surface area contributed by atoms with Gasteiger partial charge in [-0.05, 0) is 53.6 Å². The van der Waals surface area contributed by atoms with Crippen LogP contribution in [0.3, 0.4) is 0 Å². The molecule has 0 bridgehead atoms. The molecule has 0 spiro atoms. The van der Waals surface area contributed by atoms with E-state index >= 15 is 0 Å². The minimum atomic E-state index is -0.757. The molecule has 4 aromatic carbocycles. The first-order valence-electron chi connectivity index (χ1n) is 13.4. The fourth-order valence-electron chi connectivity index (χ4n) is 4.21. The lowest BCUT2D eigenvalue weighted by molar-refractivity contribution is 0.0604. The van der Waals surface area contributed by atoms with Crippen molar-refractivity contribution in [2.45, 2.75) is 19.3 Å². The molecule has 8 heteroatoms. The molecule has 0 fully saturated rings. The Morgan fingerprint density at radius 1 is 0.829 bits per heavy atom. The summed E-state index contributed by atoms with van der Waals surface area (Å²) in [6, 6.07) is 31.4. The van der Waals surface area contributed by atoms with Gasteiger partial charge in [0.25, 0.3) is 5.91 Å². The first kappa shape index (κ1) is 29.3. The smallest absolute Gasteiger partial charge is 0.252 e. The van der Waals surface area contributed by atoms with Gasteiger partial charge in [0, 0.05) is 25.2 Å². The first-order chi connectivity index (χ1) is 20.0. The minimum absolute atomic E-state index is 0.0962. The molecule has 1 atom stereocenters. The van der Waals surface area contributed by atoms with Crippen molar-refractivity contribution >= 4 is 12.2 Å². The summed E-state index contributed by atoms with van der Waals surface area (Å²) in [7, 11) is 0. The van der Waals surface area contributed by atoms with E-state index in [1.54, 1.807) is 42.5 Å². The highest BCUT2D eigenvalue weighted by molar-refractivity contribution is 5.96. The number of carbonyl (C=O) groups is 2. The molecule has 8 nitrogen and oxygen atoms in total. The molecule has 0 radical (unpaired) electrons. The molecule has 3 N–H and O–H groups in total. The monoisotopic (exact) mass is 554 g/mol. The molecule has 4 rings (SSSR count). The van der Waals surface area contributed by atoms with Gasteiger partial charge in [0.1, 0.15) is 49.5 Å². The van der Waals surface area contributed by atoms with Gasteiger partial charge in [0.05, 0.1) is 5.56 Å². The van der Waals surface area contributed by atoms with Crippen molar-refractivity contribution in [3.63, 3.8) is 0 Å². The van der Waals surface area contributed by atoms with Gasteiger partial charge < -0.3 is 25.1 Å². The standard InChI is InChI=1S/C33H34N2O6/c34-33(38)31-19-30(15-16-32(31)41-23-27-9-5-2-6-10-27)39-18-17-35(20-25-7-3-1-4-8-25)21-28(37)24-40-29-13-11-26(22-36)12-14-29/h1-16,19,22,28,37H,17-18,20-21,23-24H2,(H2,34,38). The Morgan fingerprint density at radius 2 is 1.49 bits per heavy atom. The van der Waals surface area contributed by atoms with Gasteiger partial charge in [0.2, 0.25) is 0 Å². The molecular weight excluding hydrogens is 520 g/mol. The summed E-state index contributed by atoms with van der Waals surface area (Å²) in [5.41, 5.74) is 8.50. The summed E-state index contributed by atoms with van der Waals surface area (Å²) in [6.45, 7) is 2.19. The Labute approximate surface area is 239 Å². The van der Waals surface area contributed by atoms with Crippen molar-refractivity contribution in [3.05, 3.63) is 125 Å². The number of aliphatic hydroxyl groups excluding tert-OH is 1. The van der Waals surface area contributed by atoms with E-state index in [2.05, 4.69) is 4.90 Å². The SMILES string of the molecule is NC(=O)c1cc(OCCN(Cc2ccccc2)CC(O)COc2ccc(C=O)cc2)ccc1OCc1ccccc1.